The van der Waals surface area contributed by atoms with Gasteiger partial charge in [-0.25, -0.2) is 12.7 Å². The van der Waals surface area contributed by atoms with Crippen LogP contribution < -0.4 is 10.1 Å². The Morgan fingerprint density at radius 3 is 2.23 bits per heavy atom. The number of nitrogens with zero attached hydrogens (tertiary/aromatic N) is 2. The molecule has 0 radical (unpaired) electrons. The Morgan fingerprint density at radius 1 is 1.00 bits per heavy atom. The number of hydrogen-bond acceptors (Lipinski definition) is 5. The van der Waals surface area contributed by atoms with E-state index in [1.54, 1.807) is 0 Å². The van der Waals surface area contributed by atoms with Gasteiger partial charge < -0.3 is 15.0 Å². The monoisotopic (exact) mass is 433 g/mol. The molecular formula is C22H31N3O4S. The van der Waals surface area contributed by atoms with Crippen LogP contribution in [0.1, 0.15) is 29.8 Å². The molecule has 0 aliphatic rings. The van der Waals surface area contributed by atoms with E-state index < -0.39 is 10.0 Å². The van der Waals surface area contributed by atoms with Gasteiger partial charge in [0.25, 0.3) is 5.91 Å². The number of carbonyl (C=O) groups is 1. The van der Waals surface area contributed by atoms with Gasteiger partial charge in [0.2, 0.25) is 10.0 Å². The average Bonchev–Trinajstić information content (AvgIpc) is 2.75. The zero-order valence-electron chi connectivity index (χ0n) is 18.1. The average molecular weight is 434 g/mol. The predicted octanol–water partition coefficient (Wildman–Crippen LogP) is 2.59. The van der Waals surface area contributed by atoms with Crippen LogP contribution in [0.15, 0.2) is 53.4 Å². The molecule has 0 saturated carbocycles. The summed E-state index contributed by atoms with van der Waals surface area (Å²) in [4.78, 5) is 14.9. The quantitative estimate of drug-likeness (QED) is 0.589. The van der Waals surface area contributed by atoms with Crippen molar-refractivity contribution in [1.29, 1.82) is 0 Å². The van der Waals surface area contributed by atoms with Crippen molar-refractivity contribution >= 4 is 15.9 Å². The molecule has 2 aromatic rings. The van der Waals surface area contributed by atoms with E-state index >= 15 is 0 Å². The lowest BCUT2D eigenvalue weighted by atomic mass is 10.1. The highest BCUT2D eigenvalue weighted by atomic mass is 32.2. The van der Waals surface area contributed by atoms with Crippen LogP contribution in [0.4, 0.5) is 0 Å². The van der Waals surface area contributed by atoms with Crippen LogP contribution in [0.25, 0.3) is 0 Å². The first-order chi connectivity index (χ1) is 14.3. The number of para-hydroxylation sites is 1. The zero-order valence-corrected chi connectivity index (χ0v) is 18.9. The number of carbonyl (C=O) groups excluding carboxylic acids is 1. The molecule has 30 heavy (non-hydrogen) atoms. The molecule has 7 nitrogen and oxygen atoms in total. The Morgan fingerprint density at radius 2 is 1.63 bits per heavy atom. The second-order valence-electron chi connectivity index (χ2n) is 6.98. The predicted molar refractivity (Wildman–Crippen MR) is 118 cm³/mol. The van der Waals surface area contributed by atoms with Crippen LogP contribution in [0.2, 0.25) is 0 Å². The van der Waals surface area contributed by atoms with Crippen molar-refractivity contribution in [2.24, 2.45) is 0 Å². The summed E-state index contributed by atoms with van der Waals surface area (Å²) in [6, 6.07) is 13.5. The van der Waals surface area contributed by atoms with Crippen molar-refractivity contribution < 1.29 is 17.9 Å². The molecule has 0 aromatic heterocycles. The molecule has 2 aromatic carbocycles. The SMILES string of the molecule is CCN(CC)CCOc1ccccc1CNC(=O)c1ccc(S(=O)(=O)N(C)C)cc1. The second kappa shape index (κ2) is 11.1. The second-order valence-corrected chi connectivity index (χ2v) is 9.13. The number of amides is 1. The van der Waals surface area contributed by atoms with Crippen molar-refractivity contribution in [1.82, 2.24) is 14.5 Å². The number of nitrogens with one attached hydrogen (secondary N) is 1. The van der Waals surface area contributed by atoms with Crippen molar-refractivity contribution in [2.75, 3.05) is 40.3 Å². The van der Waals surface area contributed by atoms with Crippen LogP contribution in [0.5, 0.6) is 5.75 Å². The topological polar surface area (TPSA) is 79.0 Å². The van der Waals surface area contributed by atoms with Gasteiger partial charge in [0.1, 0.15) is 12.4 Å². The largest absolute Gasteiger partial charge is 0.492 e. The molecule has 164 valence electrons. The molecule has 8 heteroatoms. The van der Waals surface area contributed by atoms with Crippen LogP contribution in [-0.4, -0.2) is 63.9 Å². The Bertz CT molecular complexity index is 924. The van der Waals surface area contributed by atoms with Crippen molar-refractivity contribution in [3.63, 3.8) is 0 Å². The van der Waals surface area contributed by atoms with Crippen molar-refractivity contribution in [3.05, 3.63) is 59.7 Å². The third kappa shape index (κ3) is 6.29. The molecule has 1 N–H and O–H groups in total. The Kier molecular flexibility index (Phi) is 8.83. The summed E-state index contributed by atoms with van der Waals surface area (Å²) in [6.07, 6.45) is 0. The summed E-state index contributed by atoms with van der Waals surface area (Å²) in [5, 5.41) is 2.87. The van der Waals surface area contributed by atoms with E-state index in [1.807, 2.05) is 24.3 Å². The first-order valence-corrected chi connectivity index (χ1v) is 11.5. The van der Waals surface area contributed by atoms with Crippen molar-refractivity contribution in [2.45, 2.75) is 25.3 Å². The van der Waals surface area contributed by atoms with E-state index in [9.17, 15) is 13.2 Å². The highest BCUT2D eigenvalue weighted by Crippen LogP contribution is 2.18. The number of likely N-dealkylation sites (N-methyl/N-ethyl adjacent to an activating group) is 1. The molecule has 0 bridgehead atoms. The molecule has 0 aliphatic carbocycles. The maximum Gasteiger partial charge on any atom is 0.251 e. The number of ether oxygens (including phenoxy) is 1. The fourth-order valence-corrected chi connectivity index (χ4v) is 3.78. The van der Waals surface area contributed by atoms with Gasteiger partial charge in [0.05, 0.1) is 4.90 Å². The molecule has 0 unspecified atom stereocenters. The van der Waals surface area contributed by atoms with Crippen LogP contribution in [0.3, 0.4) is 0 Å². The molecular weight excluding hydrogens is 402 g/mol. The smallest absolute Gasteiger partial charge is 0.251 e. The minimum atomic E-state index is -3.52. The Labute approximate surface area is 179 Å². The fraction of sp³-hybridized carbons (Fsp3) is 0.409. The molecule has 1 amide bonds. The summed E-state index contributed by atoms with van der Waals surface area (Å²) in [5.74, 6) is 0.471. The minimum Gasteiger partial charge on any atom is -0.492 e. The third-order valence-corrected chi connectivity index (χ3v) is 6.70. The van der Waals surface area contributed by atoms with E-state index in [0.717, 1.165) is 35.3 Å². The van der Waals surface area contributed by atoms with E-state index in [4.69, 9.17) is 4.74 Å². The van der Waals surface area contributed by atoms with Gasteiger partial charge in [-0.15, -0.1) is 0 Å². The molecule has 0 heterocycles. The maximum absolute atomic E-state index is 12.5. The highest BCUT2D eigenvalue weighted by Gasteiger charge is 2.17. The van der Waals surface area contributed by atoms with Gasteiger partial charge in [-0.1, -0.05) is 32.0 Å². The maximum atomic E-state index is 12.5. The number of hydrogen-bond donors (Lipinski definition) is 1. The van der Waals surface area contributed by atoms with Crippen molar-refractivity contribution in [3.8, 4) is 5.75 Å². The van der Waals surface area contributed by atoms with Crippen LogP contribution >= 0.6 is 0 Å². The molecule has 0 spiro atoms. The Balaban J connectivity index is 1.98. The van der Waals surface area contributed by atoms with E-state index in [1.165, 1.54) is 38.4 Å². The van der Waals surface area contributed by atoms with Gasteiger partial charge in [-0.2, -0.15) is 0 Å². The van der Waals surface area contributed by atoms with E-state index in [0.29, 0.717) is 18.7 Å². The van der Waals surface area contributed by atoms with Gasteiger partial charge >= 0.3 is 0 Å². The summed E-state index contributed by atoms with van der Waals surface area (Å²) in [5.41, 5.74) is 1.28. The summed E-state index contributed by atoms with van der Waals surface area (Å²) < 4.78 is 31.3. The number of sulfonamides is 1. The van der Waals surface area contributed by atoms with E-state index in [-0.39, 0.29) is 10.8 Å². The highest BCUT2D eigenvalue weighted by molar-refractivity contribution is 7.89. The lowest BCUT2D eigenvalue weighted by molar-refractivity contribution is 0.0950. The third-order valence-electron chi connectivity index (χ3n) is 4.87. The first-order valence-electron chi connectivity index (χ1n) is 10.0. The lowest BCUT2D eigenvalue weighted by Crippen LogP contribution is -2.28. The molecule has 0 atom stereocenters. The van der Waals surface area contributed by atoms with Crippen LogP contribution in [0, 0.1) is 0 Å². The molecule has 0 saturated heterocycles. The molecule has 2 rings (SSSR count). The van der Waals surface area contributed by atoms with E-state index in [2.05, 4.69) is 24.1 Å². The molecule has 0 fully saturated rings. The Hall–Kier alpha value is -2.42. The number of benzene rings is 2. The van der Waals surface area contributed by atoms with Gasteiger partial charge in [-0.3, -0.25) is 4.79 Å². The van der Waals surface area contributed by atoms with Crippen LogP contribution in [-0.2, 0) is 16.6 Å². The zero-order chi connectivity index (χ0) is 22.1. The van der Waals surface area contributed by atoms with Gasteiger partial charge in [0, 0.05) is 38.3 Å². The lowest BCUT2D eigenvalue weighted by Gasteiger charge is -2.19. The normalized spacial score (nSPS) is 11.7. The summed E-state index contributed by atoms with van der Waals surface area (Å²) >= 11 is 0. The fourth-order valence-electron chi connectivity index (χ4n) is 2.88. The van der Waals surface area contributed by atoms with Gasteiger partial charge in [-0.05, 0) is 43.4 Å². The van der Waals surface area contributed by atoms with Gasteiger partial charge in [0.15, 0.2) is 0 Å². The molecule has 0 aliphatic heterocycles. The summed E-state index contributed by atoms with van der Waals surface area (Å²) in [7, 11) is -0.578. The first kappa shape index (κ1) is 23.9. The summed E-state index contributed by atoms with van der Waals surface area (Å²) in [6.45, 7) is 7.94. The standard InChI is InChI=1S/C22H31N3O4S/c1-5-25(6-2)15-16-29-21-10-8-7-9-19(21)17-23-22(26)18-11-13-20(14-12-18)30(27,28)24(3)4/h7-14H,5-6,15-17H2,1-4H3,(H,23,26). The minimum absolute atomic E-state index is 0.149. The number of rotatable bonds is 11.